The maximum absolute atomic E-state index is 12.2. The van der Waals surface area contributed by atoms with Gasteiger partial charge in [-0.25, -0.2) is 9.79 Å². The fourth-order valence-electron chi connectivity index (χ4n) is 2.52. The third-order valence-electron chi connectivity index (χ3n) is 3.79. The summed E-state index contributed by atoms with van der Waals surface area (Å²) in [7, 11) is 3.04. The van der Waals surface area contributed by atoms with Crippen LogP contribution in [0.3, 0.4) is 0 Å². The van der Waals surface area contributed by atoms with Crippen molar-refractivity contribution in [1.29, 1.82) is 0 Å². The average Bonchev–Trinajstić information content (AvgIpc) is 3.07. The maximum Gasteiger partial charge on any atom is 0.363 e. The second-order valence-corrected chi connectivity index (χ2v) is 6.00. The summed E-state index contributed by atoms with van der Waals surface area (Å²) >= 11 is 6.26. The van der Waals surface area contributed by atoms with Crippen LogP contribution in [0.1, 0.15) is 11.1 Å². The third-order valence-corrected chi connectivity index (χ3v) is 4.07. The number of carbonyl (C=O) groups excluding carboxylic acids is 1. The molecule has 142 valence electrons. The summed E-state index contributed by atoms with van der Waals surface area (Å²) < 4.78 is 21.2. The number of halogens is 1. The Balaban J connectivity index is 1.94. The molecule has 0 saturated heterocycles. The van der Waals surface area contributed by atoms with E-state index in [-0.39, 0.29) is 18.2 Å². The molecule has 0 N–H and O–H groups in total. The molecule has 0 fully saturated rings. The van der Waals surface area contributed by atoms with Gasteiger partial charge in [0.05, 0.1) is 19.2 Å². The van der Waals surface area contributed by atoms with E-state index < -0.39 is 5.97 Å². The maximum atomic E-state index is 12.2. The van der Waals surface area contributed by atoms with Gasteiger partial charge in [0.15, 0.2) is 17.2 Å². The molecule has 1 aliphatic heterocycles. The number of aliphatic imine (C=N–C) groups is 1. The van der Waals surface area contributed by atoms with Crippen LogP contribution in [0.5, 0.6) is 17.2 Å². The molecule has 28 heavy (non-hydrogen) atoms. The smallest absolute Gasteiger partial charge is 0.363 e. The molecular formula is C21H16ClNO5. The lowest BCUT2D eigenvalue weighted by Crippen LogP contribution is -2.05. The van der Waals surface area contributed by atoms with Gasteiger partial charge in [0, 0.05) is 5.56 Å². The fraction of sp³-hybridized carbons (Fsp3) is 0.143. The van der Waals surface area contributed by atoms with Gasteiger partial charge in [0.2, 0.25) is 5.90 Å². The molecule has 0 atom stereocenters. The molecule has 0 aliphatic carbocycles. The largest absolute Gasteiger partial charge is 0.497 e. The van der Waals surface area contributed by atoms with Gasteiger partial charge < -0.3 is 18.9 Å². The van der Waals surface area contributed by atoms with E-state index in [1.165, 1.54) is 7.11 Å². The van der Waals surface area contributed by atoms with E-state index in [9.17, 15) is 4.79 Å². The Kier molecular flexibility index (Phi) is 5.87. The number of benzene rings is 2. The molecule has 2 aromatic rings. The van der Waals surface area contributed by atoms with Crippen LogP contribution in [0.2, 0.25) is 5.02 Å². The van der Waals surface area contributed by atoms with Crippen molar-refractivity contribution in [2.75, 3.05) is 20.8 Å². The summed E-state index contributed by atoms with van der Waals surface area (Å²) in [4.78, 5) is 16.5. The van der Waals surface area contributed by atoms with E-state index in [0.717, 1.165) is 0 Å². The second-order valence-electron chi connectivity index (χ2n) is 5.59. The second kappa shape index (κ2) is 8.51. The number of methoxy groups -OCH3 is 2. The van der Waals surface area contributed by atoms with Crippen LogP contribution in [0.15, 0.2) is 47.1 Å². The van der Waals surface area contributed by atoms with Crippen LogP contribution < -0.4 is 14.2 Å². The van der Waals surface area contributed by atoms with Crippen molar-refractivity contribution in [2.24, 2.45) is 4.99 Å². The van der Waals surface area contributed by atoms with Gasteiger partial charge in [0.25, 0.3) is 0 Å². The lowest BCUT2D eigenvalue weighted by atomic mass is 10.1. The highest BCUT2D eigenvalue weighted by Gasteiger charge is 2.25. The molecule has 0 saturated carbocycles. The van der Waals surface area contributed by atoms with Gasteiger partial charge in [-0.3, -0.25) is 0 Å². The number of hydrogen-bond acceptors (Lipinski definition) is 6. The Bertz CT molecular complexity index is 1020. The lowest BCUT2D eigenvalue weighted by Gasteiger charge is -2.11. The minimum Gasteiger partial charge on any atom is -0.497 e. The van der Waals surface area contributed by atoms with Crippen LogP contribution in [0.4, 0.5) is 0 Å². The number of rotatable bonds is 6. The number of carbonyl (C=O) groups is 1. The molecule has 0 spiro atoms. The van der Waals surface area contributed by atoms with Crippen molar-refractivity contribution in [3.05, 3.63) is 58.2 Å². The Morgan fingerprint density at radius 3 is 2.79 bits per heavy atom. The molecule has 0 amide bonds. The highest BCUT2D eigenvalue weighted by Crippen LogP contribution is 2.37. The molecule has 1 heterocycles. The van der Waals surface area contributed by atoms with E-state index in [1.807, 2.05) is 0 Å². The molecule has 2 aromatic carbocycles. The highest BCUT2D eigenvalue weighted by molar-refractivity contribution is 6.32. The summed E-state index contributed by atoms with van der Waals surface area (Å²) in [6.07, 6.45) is 6.76. The van der Waals surface area contributed by atoms with Crippen LogP contribution in [-0.4, -0.2) is 32.7 Å². The standard InChI is InChI=1S/C21H16ClNO5/c1-4-8-27-19-16(22)9-13(11-18(19)26-3)10-17-21(24)28-20(23-17)14-6-5-7-15(12-14)25-2/h1,5-7,9-12H,8H2,2-3H3/b17-10-. The molecule has 0 aromatic heterocycles. The van der Waals surface area contributed by atoms with E-state index in [2.05, 4.69) is 10.9 Å². The number of terminal acetylenes is 1. The molecular weight excluding hydrogens is 382 g/mol. The predicted octanol–water partition coefficient (Wildman–Crippen LogP) is 3.71. The first kappa shape index (κ1) is 19.3. The normalized spacial score (nSPS) is 14.3. The Morgan fingerprint density at radius 2 is 2.07 bits per heavy atom. The number of nitrogens with zero attached hydrogens (tertiary/aromatic N) is 1. The molecule has 1 aliphatic rings. The quantitative estimate of drug-likeness (QED) is 0.422. The van der Waals surface area contributed by atoms with Gasteiger partial charge in [-0.2, -0.15) is 0 Å². The number of esters is 1. The summed E-state index contributed by atoms with van der Waals surface area (Å²) in [5.74, 6) is 3.35. The van der Waals surface area contributed by atoms with Crippen LogP contribution >= 0.6 is 11.6 Å². The monoisotopic (exact) mass is 397 g/mol. The zero-order chi connectivity index (χ0) is 20.1. The SMILES string of the molecule is C#CCOc1c(Cl)cc(/C=C2\N=C(c3cccc(OC)c3)OC2=O)cc1OC. The summed E-state index contributed by atoms with van der Waals surface area (Å²) in [5.41, 5.74) is 1.36. The lowest BCUT2D eigenvalue weighted by molar-refractivity contribution is -0.129. The van der Waals surface area contributed by atoms with E-state index in [1.54, 1.807) is 49.6 Å². The zero-order valence-corrected chi connectivity index (χ0v) is 15.9. The zero-order valence-electron chi connectivity index (χ0n) is 15.2. The molecule has 3 rings (SSSR count). The molecule has 0 bridgehead atoms. The first-order valence-electron chi connectivity index (χ1n) is 8.16. The minimum absolute atomic E-state index is 0.0526. The van der Waals surface area contributed by atoms with Crippen LogP contribution in [0, 0.1) is 12.3 Å². The minimum atomic E-state index is -0.569. The van der Waals surface area contributed by atoms with Gasteiger partial charge in [-0.05, 0) is 42.0 Å². The van der Waals surface area contributed by atoms with Gasteiger partial charge in [-0.15, -0.1) is 6.42 Å². The summed E-state index contributed by atoms with van der Waals surface area (Å²) in [5, 5.41) is 0.296. The van der Waals surface area contributed by atoms with Crippen molar-refractivity contribution in [1.82, 2.24) is 0 Å². The third kappa shape index (κ3) is 4.11. The molecule has 7 heteroatoms. The Hall–Kier alpha value is -3.43. The fourth-order valence-corrected chi connectivity index (χ4v) is 2.80. The molecule has 0 unspecified atom stereocenters. The van der Waals surface area contributed by atoms with Crippen LogP contribution in [0.25, 0.3) is 6.08 Å². The highest BCUT2D eigenvalue weighted by atomic mass is 35.5. The van der Waals surface area contributed by atoms with Crippen molar-refractivity contribution < 1.29 is 23.7 Å². The summed E-state index contributed by atoms with van der Waals surface area (Å²) in [6, 6.07) is 10.4. The van der Waals surface area contributed by atoms with E-state index >= 15 is 0 Å². The van der Waals surface area contributed by atoms with Gasteiger partial charge >= 0.3 is 5.97 Å². The first-order chi connectivity index (χ1) is 13.5. The molecule has 0 radical (unpaired) electrons. The average molecular weight is 398 g/mol. The predicted molar refractivity (Wildman–Crippen MR) is 106 cm³/mol. The van der Waals surface area contributed by atoms with Gasteiger partial charge in [0.1, 0.15) is 12.4 Å². The summed E-state index contributed by atoms with van der Waals surface area (Å²) in [6.45, 7) is 0.0526. The first-order valence-corrected chi connectivity index (χ1v) is 8.54. The Labute approximate surface area is 167 Å². The van der Waals surface area contributed by atoms with E-state index in [0.29, 0.717) is 33.4 Å². The van der Waals surface area contributed by atoms with Crippen molar-refractivity contribution in [2.45, 2.75) is 0 Å². The number of hydrogen-bond donors (Lipinski definition) is 0. The molecule has 6 nitrogen and oxygen atoms in total. The Morgan fingerprint density at radius 1 is 1.25 bits per heavy atom. The van der Waals surface area contributed by atoms with E-state index in [4.69, 9.17) is 37.0 Å². The van der Waals surface area contributed by atoms with Crippen LogP contribution in [-0.2, 0) is 9.53 Å². The topological polar surface area (TPSA) is 66.3 Å². The van der Waals surface area contributed by atoms with Crippen molar-refractivity contribution in [3.63, 3.8) is 0 Å². The van der Waals surface area contributed by atoms with Crippen molar-refractivity contribution in [3.8, 4) is 29.6 Å². The number of ether oxygens (including phenoxy) is 4. The number of cyclic esters (lactones) is 1. The van der Waals surface area contributed by atoms with Gasteiger partial charge in [-0.1, -0.05) is 23.6 Å². The van der Waals surface area contributed by atoms with Crippen molar-refractivity contribution >= 4 is 29.5 Å².